The number of fused-ring (bicyclic) bond motifs is 5. The lowest BCUT2D eigenvalue weighted by Gasteiger charge is -2.16. The van der Waals surface area contributed by atoms with E-state index >= 15 is 0 Å². The molecule has 0 amide bonds. The van der Waals surface area contributed by atoms with Gasteiger partial charge in [-0.15, -0.1) is 0 Å². The summed E-state index contributed by atoms with van der Waals surface area (Å²) < 4.78 is 0. The molecule has 0 fully saturated rings. The Morgan fingerprint density at radius 3 is 2.13 bits per heavy atom. The van der Waals surface area contributed by atoms with Gasteiger partial charge in [-0.2, -0.15) is 0 Å². The molecule has 1 aliphatic carbocycles. The molecule has 0 radical (unpaired) electrons. The first-order chi connectivity index (χ1) is 14.8. The Labute approximate surface area is 177 Å². The van der Waals surface area contributed by atoms with E-state index in [9.17, 15) is 0 Å². The molecule has 0 spiro atoms. The number of hydrogen-bond donors (Lipinski definition) is 0. The molecule has 0 bridgehead atoms. The van der Waals surface area contributed by atoms with E-state index in [2.05, 4.69) is 116 Å². The van der Waals surface area contributed by atoms with Gasteiger partial charge in [-0.25, -0.2) is 0 Å². The summed E-state index contributed by atoms with van der Waals surface area (Å²) in [6, 6.07) is 40.0. The predicted molar refractivity (Wildman–Crippen MR) is 127 cm³/mol. The maximum absolute atomic E-state index is 2.37. The monoisotopic (exact) mass is 382 g/mol. The predicted octanol–water partition coefficient (Wildman–Crippen LogP) is 7.98. The standard InChI is InChI=1S/C30H22/c1-20-11-17-26-28(19-20)29(27-18-16-23-9-5-6-10-25(23)30(26)27)24-14-12-22(13-15-24)21-7-3-2-4-8-21/h2-19,29H,1H3. The molecular formula is C30H22. The molecule has 0 heteroatoms. The third-order valence-corrected chi connectivity index (χ3v) is 6.41. The van der Waals surface area contributed by atoms with Crippen LogP contribution >= 0.6 is 0 Å². The van der Waals surface area contributed by atoms with Crippen LogP contribution in [0.5, 0.6) is 0 Å². The van der Waals surface area contributed by atoms with Gasteiger partial charge in [0.15, 0.2) is 0 Å². The van der Waals surface area contributed by atoms with Gasteiger partial charge in [0.05, 0.1) is 0 Å². The van der Waals surface area contributed by atoms with Crippen molar-refractivity contribution in [2.24, 2.45) is 0 Å². The van der Waals surface area contributed by atoms with E-state index in [1.54, 1.807) is 0 Å². The van der Waals surface area contributed by atoms with Crippen molar-refractivity contribution < 1.29 is 0 Å². The molecule has 142 valence electrons. The van der Waals surface area contributed by atoms with Crippen molar-refractivity contribution in [3.8, 4) is 22.3 Å². The Balaban J connectivity index is 1.55. The van der Waals surface area contributed by atoms with Crippen LogP contribution in [0.25, 0.3) is 33.0 Å². The Bertz CT molecular complexity index is 1380. The largest absolute Gasteiger partial charge is 0.0622 e. The molecule has 0 aromatic heterocycles. The molecule has 0 saturated carbocycles. The highest BCUT2D eigenvalue weighted by Crippen LogP contribution is 2.51. The smallest absolute Gasteiger partial charge is 0.0352 e. The second-order valence-corrected chi connectivity index (χ2v) is 8.26. The Morgan fingerprint density at radius 2 is 1.30 bits per heavy atom. The zero-order chi connectivity index (χ0) is 20.1. The second kappa shape index (κ2) is 6.71. The average molecular weight is 383 g/mol. The molecule has 1 unspecified atom stereocenters. The molecular weight excluding hydrogens is 360 g/mol. The van der Waals surface area contributed by atoms with Crippen LogP contribution < -0.4 is 0 Å². The SMILES string of the molecule is Cc1ccc2c(c1)C(c1ccc(-c3ccccc3)cc1)c1ccc3ccccc3c1-2. The van der Waals surface area contributed by atoms with Crippen molar-refractivity contribution in [1.29, 1.82) is 0 Å². The molecule has 5 aromatic carbocycles. The minimum Gasteiger partial charge on any atom is -0.0622 e. The number of rotatable bonds is 2. The fourth-order valence-corrected chi connectivity index (χ4v) is 5.00. The minimum atomic E-state index is 0.282. The quantitative estimate of drug-likeness (QED) is 0.285. The van der Waals surface area contributed by atoms with Gasteiger partial charge in [-0.05, 0) is 56.6 Å². The number of benzene rings is 5. The van der Waals surface area contributed by atoms with Gasteiger partial charge >= 0.3 is 0 Å². The maximum atomic E-state index is 2.37. The summed E-state index contributed by atoms with van der Waals surface area (Å²) in [6.07, 6.45) is 0. The van der Waals surface area contributed by atoms with Crippen molar-refractivity contribution in [1.82, 2.24) is 0 Å². The average Bonchev–Trinajstić information content (AvgIpc) is 3.13. The molecule has 0 N–H and O–H groups in total. The van der Waals surface area contributed by atoms with E-state index in [-0.39, 0.29) is 5.92 Å². The van der Waals surface area contributed by atoms with Crippen molar-refractivity contribution in [2.75, 3.05) is 0 Å². The van der Waals surface area contributed by atoms with E-state index in [0.717, 1.165) is 0 Å². The van der Waals surface area contributed by atoms with E-state index in [1.165, 1.54) is 55.3 Å². The molecule has 1 aliphatic rings. The zero-order valence-corrected chi connectivity index (χ0v) is 17.0. The molecule has 0 heterocycles. The van der Waals surface area contributed by atoms with E-state index < -0.39 is 0 Å². The highest BCUT2D eigenvalue weighted by atomic mass is 14.3. The molecule has 30 heavy (non-hydrogen) atoms. The van der Waals surface area contributed by atoms with Crippen LogP contribution in [0.1, 0.15) is 28.2 Å². The molecule has 5 aromatic rings. The van der Waals surface area contributed by atoms with Gasteiger partial charge in [-0.3, -0.25) is 0 Å². The molecule has 0 saturated heterocycles. The molecule has 0 aliphatic heterocycles. The van der Waals surface area contributed by atoms with Crippen LogP contribution in [0, 0.1) is 6.92 Å². The molecule has 6 rings (SSSR count). The highest BCUT2D eigenvalue weighted by molar-refractivity contribution is 6.02. The van der Waals surface area contributed by atoms with Gasteiger partial charge in [0.25, 0.3) is 0 Å². The van der Waals surface area contributed by atoms with Gasteiger partial charge in [-0.1, -0.05) is 115 Å². The van der Waals surface area contributed by atoms with Crippen LogP contribution in [-0.4, -0.2) is 0 Å². The van der Waals surface area contributed by atoms with Gasteiger partial charge in [0.2, 0.25) is 0 Å². The maximum Gasteiger partial charge on any atom is 0.0352 e. The van der Waals surface area contributed by atoms with Gasteiger partial charge in [0.1, 0.15) is 0 Å². The highest BCUT2D eigenvalue weighted by Gasteiger charge is 2.31. The Morgan fingerprint density at radius 1 is 0.567 bits per heavy atom. The number of aryl methyl sites for hydroxylation is 1. The summed E-state index contributed by atoms with van der Waals surface area (Å²) in [5.74, 6) is 0.282. The van der Waals surface area contributed by atoms with Crippen molar-refractivity contribution in [3.05, 3.63) is 131 Å². The lowest BCUT2D eigenvalue weighted by molar-refractivity contribution is 1.01. The Hall–Kier alpha value is -3.64. The second-order valence-electron chi connectivity index (χ2n) is 8.26. The fourth-order valence-electron chi connectivity index (χ4n) is 5.00. The van der Waals surface area contributed by atoms with E-state index in [0.29, 0.717) is 0 Å². The lowest BCUT2D eigenvalue weighted by Crippen LogP contribution is -1.99. The van der Waals surface area contributed by atoms with Crippen LogP contribution in [-0.2, 0) is 0 Å². The third-order valence-electron chi connectivity index (χ3n) is 6.41. The first-order valence-corrected chi connectivity index (χ1v) is 10.6. The minimum absolute atomic E-state index is 0.282. The lowest BCUT2D eigenvalue weighted by atomic mass is 9.87. The van der Waals surface area contributed by atoms with E-state index in [4.69, 9.17) is 0 Å². The fraction of sp³-hybridized carbons (Fsp3) is 0.0667. The van der Waals surface area contributed by atoms with Crippen LogP contribution in [0.15, 0.2) is 109 Å². The first-order valence-electron chi connectivity index (χ1n) is 10.6. The molecule has 1 atom stereocenters. The van der Waals surface area contributed by atoms with Crippen LogP contribution in [0.3, 0.4) is 0 Å². The third kappa shape index (κ3) is 2.61. The van der Waals surface area contributed by atoms with Crippen molar-refractivity contribution in [2.45, 2.75) is 12.8 Å². The van der Waals surface area contributed by atoms with E-state index in [1.807, 2.05) is 0 Å². The van der Waals surface area contributed by atoms with Crippen molar-refractivity contribution in [3.63, 3.8) is 0 Å². The van der Waals surface area contributed by atoms with Crippen LogP contribution in [0.4, 0.5) is 0 Å². The number of hydrogen-bond acceptors (Lipinski definition) is 0. The summed E-state index contributed by atoms with van der Waals surface area (Å²) in [6.45, 7) is 2.19. The normalized spacial score (nSPS) is 14.5. The van der Waals surface area contributed by atoms with Gasteiger partial charge in [0, 0.05) is 5.92 Å². The summed E-state index contributed by atoms with van der Waals surface area (Å²) in [4.78, 5) is 0. The topological polar surface area (TPSA) is 0 Å². The molecule has 0 nitrogen and oxygen atoms in total. The van der Waals surface area contributed by atoms with Gasteiger partial charge < -0.3 is 0 Å². The first kappa shape index (κ1) is 17.2. The summed E-state index contributed by atoms with van der Waals surface area (Å²) in [5.41, 5.74) is 10.8. The van der Waals surface area contributed by atoms with Crippen LogP contribution in [0.2, 0.25) is 0 Å². The Kier molecular flexibility index (Phi) is 3.86. The summed E-state index contributed by atoms with van der Waals surface area (Å²) in [7, 11) is 0. The summed E-state index contributed by atoms with van der Waals surface area (Å²) >= 11 is 0. The van der Waals surface area contributed by atoms with Crippen molar-refractivity contribution >= 4 is 10.8 Å². The zero-order valence-electron chi connectivity index (χ0n) is 17.0. The summed E-state index contributed by atoms with van der Waals surface area (Å²) in [5, 5.41) is 2.66.